The van der Waals surface area contributed by atoms with Crippen LogP contribution in [0.3, 0.4) is 0 Å². The van der Waals surface area contributed by atoms with Crippen LogP contribution in [-0.4, -0.2) is 6.23 Å². The van der Waals surface area contributed by atoms with Crippen LogP contribution in [0.25, 0.3) is 0 Å². The van der Waals surface area contributed by atoms with Gasteiger partial charge in [0.05, 0.1) is 0 Å². The summed E-state index contributed by atoms with van der Waals surface area (Å²) in [6.07, 6.45) is -0.734. The molecule has 1 unspecified atom stereocenters. The van der Waals surface area contributed by atoms with E-state index in [4.69, 9.17) is 0 Å². The molecule has 71 valence electrons. The summed E-state index contributed by atoms with van der Waals surface area (Å²) in [6.45, 7) is 1.58. The predicted molar refractivity (Wildman–Crippen MR) is 39.5 cm³/mol. The number of hydrogen-bond donors (Lipinski definition) is 1. The summed E-state index contributed by atoms with van der Waals surface area (Å²) in [5, 5.41) is 13.3. The van der Waals surface area contributed by atoms with Gasteiger partial charge in [-0.25, -0.2) is 0 Å². The third kappa shape index (κ3) is 8.76. The Hall–Kier alpha value is 0.443. The van der Waals surface area contributed by atoms with Crippen molar-refractivity contribution < 1.29 is 56.1 Å². The fraction of sp³-hybridized carbons (Fsp3) is 0.250. The second kappa shape index (κ2) is 10.5. The number of halogens is 2. The monoisotopic (exact) mass is 296 g/mol. The van der Waals surface area contributed by atoms with Gasteiger partial charge in [-0.3, -0.25) is 0 Å². The Balaban J connectivity index is -0.000000333. The molecule has 1 rings (SSSR count). The molecule has 0 aliphatic rings. The van der Waals surface area contributed by atoms with Gasteiger partial charge in [0.15, 0.2) is 0 Å². The normalized spacial score (nSPS) is 9.69. The maximum atomic E-state index is 10.6. The van der Waals surface area contributed by atoms with Gasteiger partial charge >= 0.3 is 26.2 Å². The van der Waals surface area contributed by atoms with Crippen LogP contribution in [0.1, 0.15) is 6.92 Å². The van der Waals surface area contributed by atoms with Crippen LogP contribution < -0.4 is 35.2 Å². The second-order valence-electron chi connectivity index (χ2n) is 2.15. The van der Waals surface area contributed by atoms with E-state index in [9.17, 15) is 5.11 Å². The maximum absolute atomic E-state index is 10.6. The molecule has 0 aromatic heterocycles. The zero-order chi connectivity index (χ0) is 7.40. The van der Waals surface area contributed by atoms with E-state index in [2.05, 4.69) is 5.32 Å². The zero-order valence-corrected chi connectivity index (χ0v) is 11.1. The predicted octanol–water partition coefficient (Wildman–Crippen LogP) is -5.19. The molecular formula is C8H10Cl2NOZr. The fourth-order valence-electron chi connectivity index (χ4n) is 0.769. The third-order valence-corrected chi connectivity index (χ3v) is 1.14. The second-order valence-corrected chi connectivity index (χ2v) is 2.15. The first kappa shape index (κ1) is 19.1. The van der Waals surface area contributed by atoms with Crippen molar-refractivity contribution >= 4 is 5.69 Å². The molecule has 0 aliphatic heterocycles. The van der Waals surface area contributed by atoms with Gasteiger partial charge in [-0.05, 0) is 12.1 Å². The van der Waals surface area contributed by atoms with E-state index in [1.807, 2.05) is 30.3 Å². The Kier molecular flexibility index (Phi) is 15.4. The van der Waals surface area contributed by atoms with Crippen molar-refractivity contribution in [2.24, 2.45) is 0 Å². The van der Waals surface area contributed by atoms with Crippen molar-refractivity contribution in [3.63, 3.8) is 0 Å². The van der Waals surface area contributed by atoms with Crippen LogP contribution in [-0.2, 0) is 26.2 Å². The molecule has 0 fully saturated rings. The first-order valence-electron chi connectivity index (χ1n) is 3.26. The third-order valence-electron chi connectivity index (χ3n) is 1.14. The summed E-state index contributed by atoms with van der Waals surface area (Å²) >= 11 is 0. The molecule has 1 radical (unpaired) electrons. The molecule has 1 N–H and O–H groups in total. The van der Waals surface area contributed by atoms with E-state index in [1.54, 1.807) is 6.92 Å². The van der Waals surface area contributed by atoms with Gasteiger partial charge in [0.2, 0.25) is 0 Å². The van der Waals surface area contributed by atoms with Gasteiger partial charge in [-0.2, -0.15) is 0 Å². The SMILES string of the molecule is CC([O-])Nc1ccccc1.[Cl-].[Cl-].[Zr+3]. The Bertz CT molecular complexity index is 197. The summed E-state index contributed by atoms with van der Waals surface area (Å²) in [7, 11) is 0. The average molecular weight is 298 g/mol. The number of nitrogens with one attached hydrogen (secondary N) is 1. The van der Waals surface area contributed by atoms with Crippen molar-refractivity contribution in [3.05, 3.63) is 30.3 Å². The molecule has 13 heavy (non-hydrogen) atoms. The average Bonchev–Trinajstić information content (AvgIpc) is 1.88. The topological polar surface area (TPSA) is 35.1 Å². The van der Waals surface area contributed by atoms with Crippen molar-refractivity contribution in [2.45, 2.75) is 13.2 Å². The van der Waals surface area contributed by atoms with Crippen LogP contribution in [0.5, 0.6) is 0 Å². The maximum Gasteiger partial charge on any atom is 3.00 e. The Morgan fingerprint density at radius 3 is 2.00 bits per heavy atom. The zero-order valence-electron chi connectivity index (χ0n) is 7.13. The van der Waals surface area contributed by atoms with Gasteiger partial charge in [0, 0.05) is 5.69 Å². The Morgan fingerprint density at radius 2 is 1.62 bits per heavy atom. The van der Waals surface area contributed by atoms with Crippen LogP contribution in [0.15, 0.2) is 30.3 Å². The van der Waals surface area contributed by atoms with Crippen LogP contribution in [0, 0.1) is 0 Å². The Labute approximate surface area is 110 Å². The Morgan fingerprint density at radius 1 is 1.15 bits per heavy atom. The standard InChI is InChI=1S/C8H10NO.2ClH.Zr/c1-7(10)9-8-5-3-2-4-6-8;;;/h2-7,9H,1H3;2*1H;/q-1;;;+3/p-2. The van der Waals surface area contributed by atoms with E-state index in [0.29, 0.717) is 0 Å². The van der Waals surface area contributed by atoms with E-state index in [1.165, 1.54) is 0 Å². The van der Waals surface area contributed by atoms with Crippen molar-refractivity contribution in [1.29, 1.82) is 0 Å². The van der Waals surface area contributed by atoms with Crippen molar-refractivity contribution in [1.82, 2.24) is 0 Å². The molecule has 2 nitrogen and oxygen atoms in total. The molecule has 0 spiro atoms. The summed E-state index contributed by atoms with van der Waals surface area (Å²) < 4.78 is 0. The number of hydrogen-bond acceptors (Lipinski definition) is 2. The molecule has 0 saturated heterocycles. The van der Waals surface area contributed by atoms with Gasteiger partial charge in [-0.1, -0.05) is 31.4 Å². The fourth-order valence-corrected chi connectivity index (χ4v) is 0.769. The largest absolute Gasteiger partial charge is 3.00 e. The summed E-state index contributed by atoms with van der Waals surface area (Å²) in [6, 6.07) is 9.44. The van der Waals surface area contributed by atoms with Crippen LogP contribution >= 0.6 is 0 Å². The minimum Gasteiger partial charge on any atom is -1.00 e. The van der Waals surface area contributed by atoms with Crippen molar-refractivity contribution in [2.75, 3.05) is 5.32 Å². The molecule has 0 bridgehead atoms. The molecule has 0 heterocycles. The minimum atomic E-state index is -0.734. The minimum absolute atomic E-state index is 0. The van der Waals surface area contributed by atoms with Gasteiger partial charge in [0.1, 0.15) is 0 Å². The molecule has 5 heteroatoms. The van der Waals surface area contributed by atoms with Gasteiger partial charge in [0.25, 0.3) is 0 Å². The summed E-state index contributed by atoms with van der Waals surface area (Å²) in [4.78, 5) is 0. The molecular weight excluding hydrogens is 288 g/mol. The number of rotatable bonds is 2. The first-order valence-corrected chi connectivity index (χ1v) is 3.26. The van der Waals surface area contributed by atoms with E-state index in [-0.39, 0.29) is 51.0 Å². The first-order chi connectivity index (χ1) is 4.79. The molecule has 1 atom stereocenters. The number of benzene rings is 1. The summed E-state index contributed by atoms with van der Waals surface area (Å²) in [5.41, 5.74) is 0.880. The number of para-hydroxylation sites is 1. The molecule has 1 aromatic carbocycles. The van der Waals surface area contributed by atoms with Crippen LogP contribution in [0.2, 0.25) is 0 Å². The van der Waals surface area contributed by atoms with Gasteiger partial charge < -0.3 is 35.2 Å². The molecule has 0 amide bonds. The molecule has 0 aliphatic carbocycles. The quantitative estimate of drug-likeness (QED) is 0.554. The van der Waals surface area contributed by atoms with Gasteiger partial charge in [-0.15, -0.1) is 0 Å². The van der Waals surface area contributed by atoms with E-state index in [0.717, 1.165) is 5.69 Å². The molecule has 1 aromatic rings. The van der Waals surface area contributed by atoms with E-state index >= 15 is 0 Å². The van der Waals surface area contributed by atoms with E-state index < -0.39 is 6.23 Å². The summed E-state index contributed by atoms with van der Waals surface area (Å²) in [5.74, 6) is 0. The van der Waals surface area contributed by atoms with Crippen molar-refractivity contribution in [3.8, 4) is 0 Å². The smallest absolute Gasteiger partial charge is 1.00 e. The van der Waals surface area contributed by atoms with Crippen LogP contribution in [0.4, 0.5) is 5.69 Å². The number of anilines is 1. The molecule has 0 saturated carbocycles.